The standard InChI is InChI=1S/C13H14F3N3O3/c14-13(15,16)8-22-12(21)19-7-1-2-10(19)11(20)18-9-3-5-17-6-4-9/h3-6,10H,1-2,7-8H2,(H,17,18,20). The molecule has 22 heavy (non-hydrogen) atoms. The minimum Gasteiger partial charge on any atom is -0.440 e. The van der Waals surface area contributed by atoms with Gasteiger partial charge in [-0.2, -0.15) is 13.2 Å². The van der Waals surface area contributed by atoms with Gasteiger partial charge in [-0.05, 0) is 25.0 Å². The monoisotopic (exact) mass is 317 g/mol. The second-order valence-corrected chi connectivity index (χ2v) is 4.75. The molecule has 0 aliphatic carbocycles. The van der Waals surface area contributed by atoms with Crippen molar-refractivity contribution < 1.29 is 27.5 Å². The van der Waals surface area contributed by atoms with Crippen LogP contribution >= 0.6 is 0 Å². The molecule has 1 aromatic rings. The van der Waals surface area contributed by atoms with Crippen molar-refractivity contribution in [1.82, 2.24) is 9.88 Å². The number of hydrogen-bond donors (Lipinski definition) is 1. The Morgan fingerprint density at radius 1 is 1.36 bits per heavy atom. The lowest BCUT2D eigenvalue weighted by atomic mass is 10.2. The molecule has 0 aromatic carbocycles. The Labute approximate surface area is 124 Å². The summed E-state index contributed by atoms with van der Waals surface area (Å²) in [7, 11) is 0. The van der Waals surface area contributed by atoms with Crippen LogP contribution < -0.4 is 5.32 Å². The summed E-state index contributed by atoms with van der Waals surface area (Å²) in [6.07, 6.45) is -1.86. The second kappa shape index (κ2) is 6.63. The molecule has 0 saturated carbocycles. The summed E-state index contributed by atoms with van der Waals surface area (Å²) < 4.78 is 40.4. The summed E-state index contributed by atoms with van der Waals surface area (Å²) in [4.78, 5) is 28.6. The maximum atomic E-state index is 12.1. The minimum atomic E-state index is -4.59. The molecule has 1 aliphatic rings. The van der Waals surface area contributed by atoms with Gasteiger partial charge in [0.15, 0.2) is 6.61 Å². The first-order chi connectivity index (χ1) is 10.4. The van der Waals surface area contributed by atoms with Crippen molar-refractivity contribution in [3.8, 4) is 0 Å². The summed E-state index contributed by atoms with van der Waals surface area (Å²) in [5, 5.41) is 2.59. The molecule has 1 fully saturated rings. The van der Waals surface area contributed by atoms with Crippen LogP contribution in [0.4, 0.5) is 23.7 Å². The predicted molar refractivity (Wildman–Crippen MR) is 70.0 cm³/mol. The zero-order valence-corrected chi connectivity index (χ0v) is 11.5. The Balaban J connectivity index is 1.95. The van der Waals surface area contributed by atoms with Crippen LogP contribution in [0.3, 0.4) is 0 Å². The van der Waals surface area contributed by atoms with Crippen molar-refractivity contribution in [2.45, 2.75) is 25.1 Å². The zero-order valence-electron chi connectivity index (χ0n) is 11.5. The molecule has 2 amide bonds. The molecule has 1 saturated heterocycles. The van der Waals surface area contributed by atoms with E-state index in [9.17, 15) is 22.8 Å². The van der Waals surface area contributed by atoms with E-state index in [-0.39, 0.29) is 6.54 Å². The van der Waals surface area contributed by atoms with Gasteiger partial charge in [-0.3, -0.25) is 14.7 Å². The van der Waals surface area contributed by atoms with Gasteiger partial charge in [-0.15, -0.1) is 0 Å². The number of rotatable bonds is 3. The number of ether oxygens (including phenoxy) is 1. The average molecular weight is 317 g/mol. The first-order valence-electron chi connectivity index (χ1n) is 6.58. The van der Waals surface area contributed by atoms with Gasteiger partial charge in [0.05, 0.1) is 0 Å². The first kappa shape index (κ1) is 16.1. The van der Waals surface area contributed by atoms with Crippen LogP contribution in [0.25, 0.3) is 0 Å². The molecule has 1 N–H and O–H groups in total. The lowest BCUT2D eigenvalue weighted by Gasteiger charge is -2.23. The van der Waals surface area contributed by atoms with Gasteiger partial charge < -0.3 is 10.1 Å². The Hall–Kier alpha value is -2.32. The number of nitrogens with zero attached hydrogens (tertiary/aromatic N) is 2. The third-order valence-corrected chi connectivity index (χ3v) is 3.10. The van der Waals surface area contributed by atoms with E-state index in [4.69, 9.17) is 0 Å². The van der Waals surface area contributed by atoms with Crippen LogP contribution in [0.15, 0.2) is 24.5 Å². The summed E-state index contributed by atoms with van der Waals surface area (Å²) in [6, 6.07) is 2.30. The highest BCUT2D eigenvalue weighted by Crippen LogP contribution is 2.21. The fourth-order valence-electron chi connectivity index (χ4n) is 2.15. The van der Waals surface area contributed by atoms with E-state index in [1.807, 2.05) is 0 Å². The Morgan fingerprint density at radius 3 is 2.68 bits per heavy atom. The van der Waals surface area contributed by atoms with Crippen LogP contribution in [0.5, 0.6) is 0 Å². The van der Waals surface area contributed by atoms with Crippen LogP contribution in [0, 0.1) is 0 Å². The molecule has 120 valence electrons. The number of nitrogens with one attached hydrogen (secondary N) is 1. The fraction of sp³-hybridized carbons (Fsp3) is 0.462. The third-order valence-electron chi connectivity index (χ3n) is 3.10. The molecular weight excluding hydrogens is 303 g/mol. The number of halogens is 3. The number of carbonyl (C=O) groups excluding carboxylic acids is 2. The second-order valence-electron chi connectivity index (χ2n) is 4.75. The number of amides is 2. The van der Waals surface area contributed by atoms with Gasteiger partial charge >= 0.3 is 12.3 Å². The first-order valence-corrected chi connectivity index (χ1v) is 6.58. The predicted octanol–water partition coefficient (Wildman–Crippen LogP) is 2.18. The summed E-state index contributed by atoms with van der Waals surface area (Å²) in [5.74, 6) is -0.465. The van der Waals surface area contributed by atoms with E-state index in [1.54, 1.807) is 12.1 Å². The lowest BCUT2D eigenvalue weighted by molar-refractivity contribution is -0.162. The van der Waals surface area contributed by atoms with Crippen molar-refractivity contribution in [2.24, 2.45) is 0 Å². The Bertz CT molecular complexity index is 536. The molecule has 2 rings (SSSR count). The SMILES string of the molecule is O=C(Nc1ccncc1)C1CCCN1C(=O)OCC(F)(F)F. The normalized spacial score (nSPS) is 18.1. The number of pyridine rings is 1. The van der Waals surface area contributed by atoms with Gasteiger partial charge in [-0.1, -0.05) is 0 Å². The molecule has 0 spiro atoms. The molecule has 9 heteroatoms. The average Bonchev–Trinajstić information content (AvgIpc) is 2.94. The third kappa shape index (κ3) is 4.34. The Morgan fingerprint density at radius 2 is 2.05 bits per heavy atom. The van der Waals surface area contributed by atoms with E-state index in [0.29, 0.717) is 18.5 Å². The molecule has 0 bridgehead atoms. The van der Waals surface area contributed by atoms with Crippen LogP contribution in [0.2, 0.25) is 0 Å². The molecule has 1 atom stereocenters. The summed E-state index contributed by atoms with van der Waals surface area (Å²) in [5.41, 5.74) is 0.496. The van der Waals surface area contributed by atoms with Crippen molar-refractivity contribution >= 4 is 17.7 Å². The maximum absolute atomic E-state index is 12.1. The van der Waals surface area contributed by atoms with Crippen molar-refractivity contribution in [1.29, 1.82) is 0 Å². The zero-order chi connectivity index (χ0) is 16.2. The molecule has 1 aromatic heterocycles. The van der Waals surface area contributed by atoms with E-state index in [2.05, 4.69) is 15.0 Å². The number of aromatic nitrogens is 1. The smallest absolute Gasteiger partial charge is 0.422 e. The van der Waals surface area contributed by atoms with Crippen molar-refractivity contribution in [2.75, 3.05) is 18.5 Å². The van der Waals surface area contributed by atoms with Gasteiger partial charge in [0.25, 0.3) is 0 Å². The van der Waals surface area contributed by atoms with E-state index < -0.39 is 30.8 Å². The van der Waals surface area contributed by atoms with Gasteiger partial charge in [-0.25, -0.2) is 4.79 Å². The molecular formula is C13H14F3N3O3. The highest BCUT2D eigenvalue weighted by molar-refractivity contribution is 5.96. The van der Waals surface area contributed by atoms with E-state index in [0.717, 1.165) is 4.90 Å². The van der Waals surface area contributed by atoms with Gasteiger partial charge in [0.1, 0.15) is 6.04 Å². The molecule has 6 nitrogen and oxygen atoms in total. The Kier molecular flexibility index (Phi) is 4.84. The van der Waals surface area contributed by atoms with Crippen molar-refractivity contribution in [3.63, 3.8) is 0 Å². The maximum Gasteiger partial charge on any atom is 0.422 e. The van der Waals surface area contributed by atoms with Crippen LogP contribution in [0.1, 0.15) is 12.8 Å². The number of alkyl halides is 3. The number of anilines is 1. The number of carbonyl (C=O) groups is 2. The molecule has 2 heterocycles. The lowest BCUT2D eigenvalue weighted by Crippen LogP contribution is -2.44. The number of likely N-dealkylation sites (tertiary alicyclic amines) is 1. The molecule has 1 aliphatic heterocycles. The largest absolute Gasteiger partial charge is 0.440 e. The highest BCUT2D eigenvalue weighted by atomic mass is 19.4. The van der Waals surface area contributed by atoms with Crippen LogP contribution in [-0.4, -0.2) is 47.3 Å². The topological polar surface area (TPSA) is 71.5 Å². The quantitative estimate of drug-likeness (QED) is 0.927. The minimum absolute atomic E-state index is 0.186. The fourth-order valence-corrected chi connectivity index (χ4v) is 2.15. The molecule has 1 unspecified atom stereocenters. The van der Waals surface area contributed by atoms with Gasteiger partial charge in [0.2, 0.25) is 5.91 Å². The summed E-state index contributed by atoms with van der Waals surface area (Å²) >= 11 is 0. The highest BCUT2D eigenvalue weighted by Gasteiger charge is 2.37. The van der Waals surface area contributed by atoms with Gasteiger partial charge in [0, 0.05) is 24.6 Å². The van der Waals surface area contributed by atoms with E-state index in [1.165, 1.54) is 12.4 Å². The van der Waals surface area contributed by atoms with Crippen LogP contribution in [-0.2, 0) is 9.53 Å². The van der Waals surface area contributed by atoms with Crippen molar-refractivity contribution in [3.05, 3.63) is 24.5 Å². The van der Waals surface area contributed by atoms with E-state index >= 15 is 0 Å². The molecule has 0 radical (unpaired) electrons. The summed E-state index contributed by atoms with van der Waals surface area (Å²) in [6.45, 7) is -1.48. The number of hydrogen-bond acceptors (Lipinski definition) is 4.